The molecular weight excluding hydrogens is 254 g/mol. The predicted molar refractivity (Wildman–Crippen MR) is 75.8 cm³/mol. The smallest absolute Gasteiger partial charge is 0.228 e. The molecule has 3 rings (SSSR count). The largest absolute Gasteiger partial charge is 0.497 e. The van der Waals surface area contributed by atoms with E-state index in [-0.39, 0.29) is 5.91 Å². The Morgan fingerprint density at radius 1 is 1.20 bits per heavy atom. The second kappa shape index (κ2) is 4.98. The molecule has 0 spiro atoms. The van der Waals surface area contributed by atoms with Crippen LogP contribution in [0.2, 0.25) is 0 Å². The lowest BCUT2D eigenvalue weighted by Crippen LogP contribution is -2.03. The number of fused-ring (bicyclic) bond motifs is 1. The summed E-state index contributed by atoms with van der Waals surface area (Å²) < 4.78 is 5.16. The summed E-state index contributed by atoms with van der Waals surface area (Å²) in [5.41, 5.74) is 3.29. The Morgan fingerprint density at radius 2 is 2.00 bits per heavy atom. The fraction of sp³-hybridized carbons (Fsp3) is 0.188. The highest BCUT2D eigenvalue weighted by Crippen LogP contribution is 2.30. The van der Waals surface area contributed by atoms with Gasteiger partial charge in [-0.2, -0.15) is 0 Å². The Labute approximate surface area is 117 Å². The fourth-order valence-corrected chi connectivity index (χ4v) is 2.42. The molecule has 1 heterocycles. The number of aliphatic hydroxyl groups excluding tert-OH is 1. The average Bonchev–Trinajstić information content (AvgIpc) is 2.85. The monoisotopic (exact) mass is 269 g/mol. The maximum absolute atomic E-state index is 11.3. The fourth-order valence-electron chi connectivity index (χ4n) is 2.42. The van der Waals surface area contributed by atoms with Crippen LogP contribution in [0.1, 0.15) is 22.8 Å². The number of hydrogen-bond donors (Lipinski definition) is 2. The van der Waals surface area contributed by atoms with Crippen LogP contribution in [0.4, 0.5) is 5.69 Å². The minimum Gasteiger partial charge on any atom is -0.497 e. The third-order valence-electron chi connectivity index (χ3n) is 3.48. The zero-order valence-electron chi connectivity index (χ0n) is 11.1. The lowest BCUT2D eigenvalue weighted by Gasteiger charge is -2.13. The van der Waals surface area contributed by atoms with E-state index >= 15 is 0 Å². The highest BCUT2D eigenvalue weighted by Gasteiger charge is 2.20. The summed E-state index contributed by atoms with van der Waals surface area (Å²) in [4.78, 5) is 11.3. The first-order valence-electron chi connectivity index (χ1n) is 6.42. The quantitative estimate of drug-likeness (QED) is 0.898. The normalized spacial score (nSPS) is 14.6. The molecule has 1 aliphatic heterocycles. The first-order valence-corrected chi connectivity index (χ1v) is 6.42. The number of nitrogens with one attached hydrogen (secondary N) is 1. The second-order valence-electron chi connectivity index (χ2n) is 4.82. The molecule has 0 bridgehead atoms. The molecule has 102 valence electrons. The van der Waals surface area contributed by atoms with Gasteiger partial charge in [-0.15, -0.1) is 0 Å². The molecule has 4 nitrogen and oxygen atoms in total. The summed E-state index contributed by atoms with van der Waals surface area (Å²) in [6, 6.07) is 12.9. The van der Waals surface area contributed by atoms with E-state index in [4.69, 9.17) is 4.74 Å². The Kier molecular flexibility index (Phi) is 3.16. The van der Waals surface area contributed by atoms with E-state index in [1.165, 1.54) is 0 Å². The molecule has 1 aliphatic rings. The van der Waals surface area contributed by atoms with Crippen LogP contribution in [0.25, 0.3) is 0 Å². The van der Waals surface area contributed by atoms with Crippen molar-refractivity contribution < 1.29 is 14.6 Å². The molecule has 1 unspecified atom stereocenters. The van der Waals surface area contributed by atoms with Gasteiger partial charge in [0.1, 0.15) is 11.9 Å². The zero-order chi connectivity index (χ0) is 14.1. The standard InChI is InChI=1S/C16H15NO3/c1-20-13-4-2-3-10(8-13)16(19)11-5-6-14-12(7-11)9-15(18)17-14/h2-8,16,19H,9H2,1H3,(H,17,18). The van der Waals surface area contributed by atoms with Crippen molar-refractivity contribution >= 4 is 11.6 Å². The number of hydrogen-bond acceptors (Lipinski definition) is 3. The molecule has 0 saturated carbocycles. The van der Waals surface area contributed by atoms with Crippen molar-refractivity contribution in [3.05, 3.63) is 59.2 Å². The Hall–Kier alpha value is -2.33. The SMILES string of the molecule is COc1cccc(C(O)c2ccc3c(c2)CC(=O)N3)c1. The molecule has 4 heteroatoms. The highest BCUT2D eigenvalue weighted by molar-refractivity contribution is 5.99. The number of amides is 1. The molecule has 0 saturated heterocycles. The van der Waals surface area contributed by atoms with Crippen molar-refractivity contribution in [1.29, 1.82) is 0 Å². The topological polar surface area (TPSA) is 58.6 Å². The van der Waals surface area contributed by atoms with E-state index in [0.29, 0.717) is 12.2 Å². The van der Waals surface area contributed by atoms with Crippen molar-refractivity contribution in [2.75, 3.05) is 12.4 Å². The van der Waals surface area contributed by atoms with Crippen LogP contribution in [0.3, 0.4) is 0 Å². The summed E-state index contributed by atoms with van der Waals surface area (Å²) >= 11 is 0. The number of ether oxygens (including phenoxy) is 1. The number of benzene rings is 2. The van der Waals surface area contributed by atoms with E-state index in [1.54, 1.807) is 13.2 Å². The van der Waals surface area contributed by atoms with Crippen molar-refractivity contribution in [2.45, 2.75) is 12.5 Å². The minimum absolute atomic E-state index is 0.00646. The van der Waals surface area contributed by atoms with Gasteiger partial charge in [-0.3, -0.25) is 4.79 Å². The van der Waals surface area contributed by atoms with Gasteiger partial charge in [-0.25, -0.2) is 0 Å². The van der Waals surface area contributed by atoms with E-state index in [0.717, 1.165) is 22.4 Å². The van der Waals surface area contributed by atoms with E-state index in [2.05, 4.69) is 5.32 Å². The molecule has 2 N–H and O–H groups in total. The number of carbonyl (C=O) groups excluding carboxylic acids is 1. The number of rotatable bonds is 3. The number of carbonyl (C=O) groups is 1. The predicted octanol–water partition coefficient (Wildman–Crippen LogP) is 2.27. The summed E-state index contributed by atoms with van der Waals surface area (Å²) in [6.45, 7) is 0. The van der Waals surface area contributed by atoms with E-state index in [9.17, 15) is 9.90 Å². The highest BCUT2D eigenvalue weighted by atomic mass is 16.5. The Balaban J connectivity index is 1.92. The molecule has 1 atom stereocenters. The third-order valence-corrected chi connectivity index (χ3v) is 3.48. The molecule has 1 amide bonds. The molecule has 0 fully saturated rings. The van der Waals surface area contributed by atoms with Gasteiger partial charge in [0.15, 0.2) is 0 Å². The van der Waals surface area contributed by atoms with Crippen molar-refractivity contribution in [3.63, 3.8) is 0 Å². The van der Waals surface area contributed by atoms with E-state index < -0.39 is 6.10 Å². The van der Waals surface area contributed by atoms with Gasteiger partial charge in [0, 0.05) is 5.69 Å². The molecule has 2 aromatic rings. The molecule has 2 aromatic carbocycles. The Bertz CT molecular complexity index is 667. The average molecular weight is 269 g/mol. The first-order chi connectivity index (χ1) is 9.67. The maximum Gasteiger partial charge on any atom is 0.228 e. The third kappa shape index (κ3) is 2.26. The van der Waals surface area contributed by atoms with Crippen LogP contribution in [0.5, 0.6) is 5.75 Å². The van der Waals surface area contributed by atoms with Crippen LogP contribution in [0, 0.1) is 0 Å². The number of anilines is 1. The lowest BCUT2D eigenvalue weighted by molar-refractivity contribution is -0.115. The lowest BCUT2D eigenvalue weighted by atomic mass is 9.98. The summed E-state index contributed by atoms with van der Waals surface area (Å²) in [5.74, 6) is 0.701. The summed E-state index contributed by atoms with van der Waals surface area (Å²) in [5, 5.41) is 13.2. The van der Waals surface area contributed by atoms with Crippen LogP contribution in [-0.2, 0) is 11.2 Å². The molecule has 0 aromatic heterocycles. The number of methoxy groups -OCH3 is 1. The molecule has 20 heavy (non-hydrogen) atoms. The van der Waals surface area contributed by atoms with Crippen LogP contribution >= 0.6 is 0 Å². The van der Waals surface area contributed by atoms with Crippen molar-refractivity contribution in [1.82, 2.24) is 0 Å². The summed E-state index contributed by atoms with van der Waals surface area (Å²) in [6.07, 6.45) is -0.361. The van der Waals surface area contributed by atoms with Gasteiger partial charge < -0.3 is 15.2 Å². The molecular formula is C16H15NO3. The van der Waals surface area contributed by atoms with Crippen molar-refractivity contribution in [2.24, 2.45) is 0 Å². The second-order valence-corrected chi connectivity index (χ2v) is 4.82. The van der Waals surface area contributed by atoms with Crippen LogP contribution in [0.15, 0.2) is 42.5 Å². The van der Waals surface area contributed by atoms with Gasteiger partial charge in [0.05, 0.1) is 13.5 Å². The maximum atomic E-state index is 11.3. The zero-order valence-corrected chi connectivity index (χ0v) is 11.1. The van der Waals surface area contributed by atoms with Crippen LogP contribution < -0.4 is 10.1 Å². The van der Waals surface area contributed by atoms with Gasteiger partial charge >= 0.3 is 0 Å². The van der Waals surface area contributed by atoms with Gasteiger partial charge in [0.25, 0.3) is 0 Å². The molecule has 0 radical (unpaired) electrons. The number of aliphatic hydroxyl groups is 1. The first kappa shape index (κ1) is 12.7. The van der Waals surface area contributed by atoms with Crippen LogP contribution in [-0.4, -0.2) is 18.1 Å². The van der Waals surface area contributed by atoms with E-state index in [1.807, 2.05) is 36.4 Å². The summed E-state index contributed by atoms with van der Waals surface area (Å²) in [7, 11) is 1.60. The van der Waals surface area contributed by atoms with Gasteiger partial charge in [0.2, 0.25) is 5.91 Å². The molecule has 0 aliphatic carbocycles. The van der Waals surface area contributed by atoms with Gasteiger partial charge in [-0.1, -0.05) is 24.3 Å². The van der Waals surface area contributed by atoms with Gasteiger partial charge in [-0.05, 0) is 34.9 Å². The Morgan fingerprint density at radius 3 is 2.80 bits per heavy atom. The minimum atomic E-state index is -0.730. The van der Waals surface area contributed by atoms with Crippen molar-refractivity contribution in [3.8, 4) is 5.75 Å².